The van der Waals surface area contributed by atoms with E-state index in [2.05, 4.69) is 15.7 Å². The van der Waals surface area contributed by atoms with Crippen molar-refractivity contribution in [1.82, 2.24) is 9.78 Å². The third kappa shape index (κ3) is 4.22. The van der Waals surface area contributed by atoms with E-state index in [1.165, 1.54) is 6.20 Å². The number of aromatic nitrogens is 2. The van der Waals surface area contributed by atoms with Crippen LogP contribution in [0.1, 0.15) is 0 Å². The molecule has 0 unspecified atom stereocenters. The molecule has 1 aromatic heterocycles. The average molecular weight is 289 g/mol. The van der Waals surface area contributed by atoms with Crippen LogP contribution in [0.15, 0.2) is 36.7 Å². The number of carbonyl (C=O) groups excluding carboxylic acids is 1. The number of hydrogen-bond acceptors (Lipinski definition) is 4. The third-order valence-corrected chi connectivity index (χ3v) is 2.86. The van der Waals surface area contributed by atoms with Crippen molar-refractivity contribution >= 4 is 23.1 Å². The molecule has 0 saturated heterocycles. The van der Waals surface area contributed by atoms with E-state index in [0.29, 0.717) is 17.9 Å². The molecule has 0 bridgehead atoms. The smallest absolute Gasteiger partial charge is 0.323 e. The van der Waals surface area contributed by atoms with Gasteiger partial charge >= 0.3 is 6.03 Å². The minimum atomic E-state index is -0.337. The zero-order valence-electron chi connectivity index (χ0n) is 12.1. The highest BCUT2D eigenvalue weighted by atomic mass is 16.3. The minimum absolute atomic E-state index is 0.00550. The van der Waals surface area contributed by atoms with Gasteiger partial charge in [0, 0.05) is 31.7 Å². The van der Waals surface area contributed by atoms with Crippen molar-refractivity contribution in [2.75, 3.05) is 36.2 Å². The number of benzene rings is 1. The zero-order valence-corrected chi connectivity index (χ0v) is 12.1. The lowest BCUT2D eigenvalue weighted by Gasteiger charge is -2.13. The Kier molecular flexibility index (Phi) is 4.78. The van der Waals surface area contributed by atoms with Crippen molar-refractivity contribution in [2.24, 2.45) is 0 Å². The SMILES string of the molecule is CN(C)c1ccc(NC(=O)Nc2cnn(CCO)c2)cc1. The van der Waals surface area contributed by atoms with Crippen molar-refractivity contribution in [3.8, 4) is 0 Å². The molecule has 2 aromatic rings. The van der Waals surface area contributed by atoms with Crippen molar-refractivity contribution in [1.29, 1.82) is 0 Å². The Morgan fingerprint density at radius 1 is 1.24 bits per heavy atom. The highest BCUT2D eigenvalue weighted by Crippen LogP contribution is 2.16. The number of carbonyl (C=O) groups is 1. The predicted molar refractivity (Wildman–Crippen MR) is 82.7 cm³/mol. The van der Waals surface area contributed by atoms with E-state index in [1.807, 2.05) is 43.3 Å². The van der Waals surface area contributed by atoms with Gasteiger partial charge < -0.3 is 20.6 Å². The second-order valence-corrected chi connectivity index (χ2v) is 4.74. The lowest BCUT2D eigenvalue weighted by atomic mass is 10.2. The number of nitrogens with zero attached hydrogens (tertiary/aromatic N) is 3. The van der Waals surface area contributed by atoms with Gasteiger partial charge in [0.25, 0.3) is 0 Å². The largest absolute Gasteiger partial charge is 0.394 e. The van der Waals surface area contributed by atoms with Crippen LogP contribution < -0.4 is 15.5 Å². The van der Waals surface area contributed by atoms with E-state index >= 15 is 0 Å². The molecule has 0 spiro atoms. The molecular formula is C14H19N5O2. The Balaban J connectivity index is 1.91. The first-order valence-corrected chi connectivity index (χ1v) is 6.57. The van der Waals surface area contributed by atoms with Gasteiger partial charge in [0.1, 0.15) is 0 Å². The van der Waals surface area contributed by atoms with Crippen LogP contribution in [0, 0.1) is 0 Å². The summed E-state index contributed by atoms with van der Waals surface area (Å²) in [5.74, 6) is 0. The molecule has 7 nitrogen and oxygen atoms in total. The molecule has 1 aromatic carbocycles. The first-order chi connectivity index (χ1) is 10.1. The molecule has 3 N–H and O–H groups in total. The molecule has 0 atom stereocenters. The number of aliphatic hydroxyl groups excluding tert-OH is 1. The summed E-state index contributed by atoms with van der Waals surface area (Å²) in [6.07, 6.45) is 3.19. The molecule has 2 amide bonds. The van der Waals surface area contributed by atoms with Crippen molar-refractivity contribution in [3.05, 3.63) is 36.7 Å². The van der Waals surface area contributed by atoms with E-state index in [9.17, 15) is 4.79 Å². The van der Waals surface area contributed by atoms with Crippen LogP contribution in [0.4, 0.5) is 21.9 Å². The first-order valence-electron chi connectivity index (χ1n) is 6.57. The predicted octanol–water partition coefficient (Wildman–Crippen LogP) is 1.59. The molecule has 0 aliphatic rings. The second-order valence-electron chi connectivity index (χ2n) is 4.74. The number of hydrogen-bond donors (Lipinski definition) is 3. The number of aliphatic hydroxyl groups is 1. The van der Waals surface area contributed by atoms with Crippen LogP contribution in [0.3, 0.4) is 0 Å². The maximum atomic E-state index is 11.8. The number of urea groups is 1. The molecule has 0 aliphatic carbocycles. The Labute approximate surface area is 123 Å². The highest BCUT2D eigenvalue weighted by molar-refractivity contribution is 5.99. The topological polar surface area (TPSA) is 82.4 Å². The second kappa shape index (κ2) is 6.76. The summed E-state index contributed by atoms with van der Waals surface area (Å²) < 4.78 is 1.56. The Bertz CT molecular complexity index is 592. The Hall–Kier alpha value is -2.54. The third-order valence-electron chi connectivity index (χ3n) is 2.86. The van der Waals surface area contributed by atoms with Crippen LogP contribution in [-0.2, 0) is 6.54 Å². The molecule has 1 heterocycles. The van der Waals surface area contributed by atoms with Crippen LogP contribution in [-0.4, -0.2) is 41.6 Å². The van der Waals surface area contributed by atoms with Gasteiger partial charge in [-0.3, -0.25) is 4.68 Å². The maximum Gasteiger partial charge on any atom is 0.323 e. The van der Waals surface area contributed by atoms with Crippen LogP contribution >= 0.6 is 0 Å². The summed E-state index contributed by atoms with van der Waals surface area (Å²) in [5.41, 5.74) is 2.35. The zero-order chi connectivity index (χ0) is 15.2. The van der Waals surface area contributed by atoms with Crippen LogP contribution in [0.2, 0.25) is 0 Å². The van der Waals surface area contributed by atoms with E-state index in [4.69, 9.17) is 5.11 Å². The van der Waals surface area contributed by atoms with Gasteiger partial charge in [-0.15, -0.1) is 0 Å². The molecule has 21 heavy (non-hydrogen) atoms. The molecule has 0 fully saturated rings. The van der Waals surface area contributed by atoms with E-state index in [1.54, 1.807) is 10.9 Å². The summed E-state index contributed by atoms with van der Waals surface area (Å²) in [4.78, 5) is 13.8. The molecule has 0 saturated carbocycles. The molecule has 7 heteroatoms. The average Bonchev–Trinajstić information content (AvgIpc) is 2.87. The number of amides is 2. The van der Waals surface area contributed by atoms with Gasteiger partial charge in [0.2, 0.25) is 0 Å². The van der Waals surface area contributed by atoms with Gasteiger partial charge in [-0.1, -0.05) is 0 Å². The summed E-state index contributed by atoms with van der Waals surface area (Å²) >= 11 is 0. The number of rotatable bonds is 5. The lowest BCUT2D eigenvalue weighted by molar-refractivity contribution is 0.262. The van der Waals surface area contributed by atoms with Gasteiger partial charge in [-0.05, 0) is 24.3 Å². The molecule has 0 aliphatic heterocycles. The van der Waals surface area contributed by atoms with Gasteiger partial charge in [0.15, 0.2) is 0 Å². The molecule has 112 valence electrons. The minimum Gasteiger partial charge on any atom is -0.394 e. The normalized spacial score (nSPS) is 10.2. The summed E-state index contributed by atoms with van der Waals surface area (Å²) in [6, 6.07) is 7.19. The van der Waals surface area contributed by atoms with Gasteiger partial charge in [-0.25, -0.2) is 4.79 Å². The van der Waals surface area contributed by atoms with Crippen molar-refractivity contribution in [3.63, 3.8) is 0 Å². The van der Waals surface area contributed by atoms with Crippen molar-refractivity contribution in [2.45, 2.75) is 6.54 Å². The quantitative estimate of drug-likeness (QED) is 0.780. The van der Waals surface area contributed by atoms with Gasteiger partial charge in [-0.2, -0.15) is 5.10 Å². The van der Waals surface area contributed by atoms with Crippen LogP contribution in [0.25, 0.3) is 0 Å². The standard InChI is InChI=1S/C14H19N5O2/c1-18(2)13-5-3-11(4-6-13)16-14(21)17-12-9-15-19(10-12)7-8-20/h3-6,9-10,20H,7-8H2,1-2H3,(H2,16,17,21). The summed E-state index contributed by atoms with van der Waals surface area (Å²) in [5, 5.41) is 18.2. The van der Waals surface area contributed by atoms with Gasteiger partial charge in [0.05, 0.1) is 25.0 Å². The Morgan fingerprint density at radius 3 is 2.52 bits per heavy atom. The summed E-state index contributed by atoms with van der Waals surface area (Å²) in [6.45, 7) is 0.404. The maximum absolute atomic E-state index is 11.8. The van der Waals surface area contributed by atoms with E-state index in [-0.39, 0.29) is 12.6 Å². The van der Waals surface area contributed by atoms with Crippen LogP contribution in [0.5, 0.6) is 0 Å². The molecular weight excluding hydrogens is 270 g/mol. The highest BCUT2D eigenvalue weighted by Gasteiger charge is 2.05. The fraction of sp³-hybridized carbons (Fsp3) is 0.286. The number of anilines is 3. The monoisotopic (exact) mass is 289 g/mol. The fourth-order valence-electron chi connectivity index (χ4n) is 1.79. The first kappa shape index (κ1) is 14.9. The van der Waals surface area contributed by atoms with E-state index in [0.717, 1.165) is 5.69 Å². The molecule has 2 rings (SSSR count). The lowest BCUT2D eigenvalue weighted by Crippen LogP contribution is -2.19. The Morgan fingerprint density at radius 2 is 1.90 bits per heavy atom. The number of nitrogens with one attached hydrogen (secondary N) is 2. The fourth-order valence-corrected chi connectivity index (χ4v) is 1.79. The van der Waals surface area contributed by atoms with E-state index < -0.39 is 0 Å². The summed E-state index contributed by atoms with van der Waals surface area (Å²) in [7, 11) is 3.92. The molecule has 0 radical (unpaired) electrons. The van der Waals surface area contributed by atoms with Crippen molar-refractivity contribution < 1.29 is 9.90 Å².